The zero-order valence-electron chi connectivity index (χ0n) is 67.5. The van der Waals surface area contributed by atoms with E-state index in [0.29, 0.717) is 50.2 Å². The molecule has 0 saturated carbocycles. The topological polar surface area (TPSA) is 153 Å². The van der Waals surface area contributed by atoms with E-state index < -0.39 is 0 Å². The minimum absolute atomic E-state index is 0.454. The van der Waals surface area contributed by atoms with Crippen LogP contribution < -0.4 is 0 Å². The molecular formula is C114H66N12. The van der Waals surface area contributed by atoms with Crippen molar-refractivity contribution in [1.29, 1.82) is 26.3 Å². The third-order valence-corrected chi connectivity index (χ3v) is 24.6. The van der Waals surface area contributed by atoms with Gasteiger partial charge in [-0.05, 0) is 145 Å². The van der Waals surface area contributed by atoms with Crippen molar-refractivity contribution in [2.75, 3.05) is 0 Å². The van der Waals surface area contributed by atoms with E-state index in [2.05, 4.69) is 396 Å². The van der Waals surface area contributed by atoms with Gasteiger partial charge in [-0.1, -0.05) is 261 Å². The first-order chi connectivity index (χ1) is 62.4. The molecule has 0 unspecified atom stereocenters. The highest BCUT2D eigenvalue weighted by atomic mass is 15.1. The van der Waals surface area contributed by atoms with E-state index >= 15 is 0 Å². The fraction of sp³-hybridized carbons (Fsp3) is 0. The van der Waals surface area contributed by atoms with Gasteiger partial charge in [-0.2, -0.15) is 26.3 Å². The molecule has 24 rings (SSSR count). The van der Waals surface area contributed by atoms with Gasteiger partial charge in [0.2, 0.25) is 0 Å². The summed E-state index contributed by atoms with van der Waals surface area (Å²) in [5.74, 6) is 0. The maximum Gasteiger partial charge on any atom is 0.196 e. The Labute approximate surface area is 723 Å². The second kappa shape index (κ2) is 30.5. The fourth-order valence-corrected chi connectivity index (χ4v) is 19.4. The minimum atomic E-state index is 0.454. The second-order valence-electron chi connectivity index (χ2n) is 31.1. The summed E-state index contributed by atoms with van der Waals surface area (Å²) in [4.78, 5) is 3.88. The van der Waals surface area contributed by atoms with Gasteiger partial charge < -0.3 is 27.4 Å². The molecular weight excluding hydrogens is 1540 g/mol. The number of hydrogen-bond donors (Lipinski definition) is 0. The summed E-state index contributed by atoms with van der Waals surface area (Å²) in [6.45, 7) is 8.03. The molecule has 0 fully saturated rings. The van der Waals surface area contributed by atoms with Crippen LogP contribution in [0, 0.1) is 63.2 Å². The number of aromatic nitrogens is 6. The van der Waals surface area contributed by atoms with Crippen molar-refractivity contribution in [2.24, 2.45) is 0 Å². The van der Waals surface area contributed by atoms with Crippen LogP contribution in [0.3, 0.4) is 0 Å². The highest BCUT2D eigenvalue weighted by molar-refractivity contribution is 6.16. The van der Waals surface area contributed by atoms with Crippen LogP contribution in [-0.2, 0) is 0 Å². The van der Waals surface area contributed by atoms with Gasteiger partial charge in [0.05, 0.1) is 148 Å². The van der Waals surface area contributed by atoms with Gasteiger partial charge in [0, 0.05) is 109 Å². The molecule has 0 spiro atoms. The van der Waals surface area contributed by atoms with Gasteiger partial charge >= 0.3 is 0 Å². The molecule has 18 aromatic carbocycles. The van der Waals surface area contributed by atoms with Crippen molar-refractivity contribution in [3.63, 3.8) is 0 Å². The summed E-state index contributed by atoms with van der Waals surface area (Å²) in [6.07, 6.45) is 0. The number of benzene rings is 18. The summed E-state index contributed by atoms with van der Waals surface area (Å²) in [7, 11) is 0. The maximum atomic E-state index is 10.2. The predicted octanol–water partition coefficient (Wildman–Crippen LogP) is 28.6. The molecule has 0 saturated heterocycles. The molecule has 12 nitrogen and oxygen atoms in total. The van der Waals surface area contributed by atoms with Crippen molar-refractivity contribution in [2.45, 2.75) is 0 Å². The van der Waals surface area contributed by atoms with Crippen LogP contribution in [0.15, 0.2) is 400 Å². The third kappa shape index (κ3) is 11.6. The molecule has 0 amide bonds. The van der Waals surface area contributed by atoms with Crippen LogP contribution in [0.5, 0.6) is 0 Å². The van der Waals surface area contributed by atoms with Crippen LogP contribution >= 0.6 is 0 Å². The lowest BCUT2D eigenvalue weighted by atomic mass is 9.93. The Morgan fingerprint density at radius 2 is 0.444 bits per heavy atom. The number of nitrogens with zero attached hydrogens (tertiary/aromatic N) is 12. The molecule has 6 aromatic heterocycles. The van der Waals surface area contributed by atoms with Crippen molar-refractivity contribution >= 4 is 137 Å². The van der Waals surface area contributed by atoms with Crippen LogP contribution in [0.4, 0.5) is 5.69 Å². The van der Waals surface area contributed by atoms with Gasteiger partial charge in [-0.25, -0.2) is 4.85 Å². The number of hydrogen-bond acceptors (Lipinski definition) is 5. The van der Waals surface area contributed by atoms with Gasteiger partial charge in [0.15, 0.2) is 5.69 Å². The Hall–Kier alpha value is -18.3. The molecule has 0 aliphatic heterocycles. The standard InChI is InChI=1S/3C38H22N4/c1-40-32-16-10-11-25(24-39)38(32)31-23-26(41-33-17-6-2-12-27(33)28-13-3-7-18-34(28)41)21-22-37(31)42-35-19-8-4-14-29(35)30-15-5-9-20-36(30)42;39-23-25-11-9-12-26(24-40)37(25)31-17-10-22-36(41-32-18-5-1-13-27(32)28-14-2-6-19-33(28)41)38(31)42-34-20-7-3-15-29(34)30-16-4-8-21-35(30)42;39-23-25-10-9-11-26(24-40)38(25)32-21-20-27(41-33-16-5-1-12-28(33)29-13-2-6-17-34(29)41)22-37(32)42-35-18-7-3-14-30(35)31-15-4-8-19-36(31)42/h2-23H;2*1-22H. The third-order valence-electron chi connectivity index (χ3n) is 24.6. The number of rotatable bonds is 9. The van der Waals surface area contributed by atoms with Crippen LogP contribution in [-0.4, -0.2) is 27.4 Å². The molecule has 126 heavy (non-hydrogen) atoms. The van der Waals surface area contributed by atoms with E-state index in [9.17, 15) is 26.3 Å². The molecule has 0 radical (unpaired) electrons. The van der Waals surface area contributed by atoms with Crippen molar-refractivity contribution in [1.82, 2.24) is 27.4 Å². The van der Waals surface area contributed by atoms with Gasteiger partial charge in [-0.3, -0.25) is 0 Å². The molecule has 24 aromatic rings. The lowest BCUT2D eigenvalue weighted by Crippen LogP contribution is -2.06. The van der Waals surface area contributed by atoms with Crippen LogP contribution in [0.25, 0.3) is 203 Å². The summed E-state index contributed by atoms with van der Waals surface area (Å²) in [5.41, 5.74) is 25.9. The number of nitriles is 5. The number of para-hydroxylation sites is 13. The lowest BCUT2D eigenvalue weighted by Gasteiger charge is -2.21. The first kappa shape index (κ1) is 74.0. The average molecular weight is 1600 g/mol. The maximum absolute atomic E-state index is 10.2. The molecule has 0 bridgehead atoms. The summed E-state index contributed by atoms with van der Waals surface area (Å²) >= 11 is 0. The SMILES string of the molecule is N#Cc1cccc(C#N)c1-c1ccc(-n2c3ccccc3c3ccccc32)cc1-n1c2ccccc2c2ccccc21.N#Cc1cccc(C#N)c1-c1cccc(-n2c3ccccc3c3ccccc32)c1-n1c2ccccc2c2ccccc21.[C-]#[N+]c1cccc(C#N)c1-c1cc(-n2c3ccccc3c3ccccc32)ccc1-n1c2ccccc2c2ccccc21. The zero-order chi connectivity index (χ0) is 84.6. The monoisotopic (exact) mass is 1600 g/mol. The van der Waals surface area contributed by atoms with E-state index in [0.717, 1.165) is 149 Å². The second-order valence-corrected chi connectivity index (χ2v) is 31.1. The normalized spacial score (nSPS) is 11.3. The largest absolute Gasteiger partial charge is 0.309 e. The predicted molar refractivity (Wildman–Crippen MR) is 512 cm³/mol. The van der Waals surface area contributed by atoms with Crippen molar-refractivity contribution in [3.8, 4) is 97.9 Å². The molecule has 6 heterocycles. The van der Waals surface area contributed by atoms with Crippen molar-refractivity contribution in [3.05, 3.63) is 440 Å². The molecule has 0 atom stereocenters. The molecule has 0 aliphatic rings. The summed E-state index contributed by atoms with van der Waals surface area (Å²) < 4.78 is 13.7. The van der Waals surface area contributed by atoms with E-state index in [1.54, 1.807) is 54.6 Å². The van der Waals surface area contributed by atoms with Crippen molar-refractivity contribution < 1.29 is 0 Å². The van der Waals surface area contributed by atoms with E-state index in [-0.39, 0.29) is 0 Å². The Kier molecular flexibility index (Phi) is 17.9. The number of fused-ring (bicyclic) bond motifs is 18. The first-order valence-electron chi connectivity index (χ1n) is 41.5. The summed E-state index contributed by atoms with van der Waals surface area (Å²) in [6, 6.07) is 148. The van der Waals surface area contributed by atoms with E-state index in [1.807, 2.05) is 12.1 Å². The minimum Gasteiger partial charge on any atom is -0.309 e. The highest BCUT2D eigenvalue weighted by Gasteiger charge is 2.28. The Bertz CT molecular complexity index is 8490. The Morgan fingerprint density at radius 3 is 0.770 bits per heavy atom. The molecule has 582 valence electrons. The van der Waals surface area contributed by atoms with Gasteiger partial charge in [-0.15, -0.1) is 0 Å². The molecule has 0 N–H and O–H groups in total. The average Bonchev–Trinajstić information content (AvgIpc) is 1.54. The van der Waals surface area contributed by atoms with Gasteiger partial charge in [0.1, 0.15) is 0 Å². The summed E-state index contributed by atoms with van der Waals surface area (Å²) in [5, 5.41) is 64.9. The zero-order valence-corrected chi connectivity index (χ0v) is 67.5. The molecule has 0 aliphatic carbocycles. The van der Waals surface area contributed by atoms with Crippen LogP contribution in [0.2, 0.25) is 0 Å². The molecule has 12 heteroatoms. The highest BCUT2D eigenvalue weighted by Crippen LogP contribution is 2.48. The Balaban J connectivity index is 0.000000112. The van der Waals surface area contributed by atoms with E-state index in [1.165, 1.54) is 32.3 Å². The van der Waals surface area contributed by atoms with E-state index in [4.69, 9.17) is 6.57 Å². The fourth-order valence-electron chi connectivity index (χ4n) is 19.4. The van der Waals surface area contributed by atoms with Gasteiger partial charge in [0.25, 0.3) is 0 Å². The quantitative estimate of drug-likeness (QED) is 0.132. The Morgan fingerprint density at radius 1 is 0.190 bits per heavy atom. The lowest BCUT2D eigenvalue weighted by molar-refractivity contribution is 1.10. The first-order valence-corrected chi connectivity index (χ1v) is 41.5. The van der Waals surface area contributed by atoms with Crippen LogP contribution in [0.1, 0.15) is 27.8 Å². The smallest absolute Gasteiger partial charge is 0.196 e.